The highest BCUT2D eigenvalue weighted by Crippen LogP contribution is 2.13. The van der Waals surface area contributed by atoms with Gasteiger partial charge in [0, 0.05) is 5.33 Å². The molecule has 0 aliphatic heterocycles. The van der Waals surface area contributed by atoms with Gasteiger partial charge in [0.25, 0.3) is 0 Å². The Kier molecular flexibility index (Phi) is 6.17. The molecular weight excluding hydrogens is 252 g/mol. The first-order valence-corrected chi connectivity index (χ1v) is 6.40. The molecule has 0 saturated heterocycles. The van der Waals surface area contributed by atoms with Crippen LogP contribution in [0.15, 0.2) is 30.8 Å². The Hall–Kier alpha value is -0.760. The van der Waals surface area contributed by atoms with Crippen molar-refractivity contribution in [2.24, 2.45) is 0 Å². The summed E-state index contributed by atoms with van der Waals surface area (Å²) < 4.78 is 5.60. The van der Waals surface area contributed by atoms with Crippen LogP contribution in [0.25, 0.3) is 6.08 Å². The van der Waals surface area contributed by atoms with Crippen molar-refractivity contribution in [2.45, 2.75) is 19.3 Å². The van der Waals surface area contributed by atoms with Crippen LogP contribution in [0.4, 0.5) is 0 Å². The summed E-state index contributed by atoms with van der Waals surface area (Å²) in [6, 6.07) is 8.00. The topological polar surface area (TPSA) is 9.23 Å². The highest BCUT2D eigenvalue weighted by molar-refractivity contribution is 9.09. The number of benzene rings is 1. The standard InChI is InChI=1S/C13H17BrO/c1-2-12-6-8-13(9-7-12)15-11-5-3-4-10-14/h2,6-9H,1,3-5,10-11H2. The number of hydrogen-bond acceptors (Lipinski definition) is 1. The molecule has 0 aromatic heterocycles. The summed E-state index contributed by atoms with van der Waals surface area (Å²) in [4.78, 5) is 0. The summed E-state index contributed by atoms with van der Waals surface area (Å²) in [5.74, 6) is 0.944. The van der Waals surface area contributed by atoms with Crippen LogP contribution in [-0.4, -0.2) is 11.9 Å². The van der Waals surface area contributed by atoms with Crippen LogP contribution in [-0.2, 0) is 0 Å². The van der Waals surface area contributed by atoms with Gasteiger partial charge in [-0.05, 0) is 37.0 Å². The molecule has 1 aromatic carbocycles. The fourth-order valence-electron chi connectivity index (χ4n) is 1.26. The van der Waals surface area contributed by atoms with Gasteiger partial charge in [-0.25, -0.2) is 0 Å². The molecule has 0 spiro atoms. The van der Waals surface area contributed by atoms with Crippen molar-refractivity contribution in [2.75, 3.05) is 11.9 Å². The summed E-state index contributed by atoms with van der Waals surface area (Å²) in [5, 5.41) is 1.08. The Morgan fingerprint density at radius 3 is 2.47 bits per heavy atom. The fraction of sp³-hybridized carbons (Fsp3) is 0.385. The van der Waals surface area contributed by atoms with Gasteiger partial charge in [0.2, 0.25) is 0 Å². The maximum absolute atomic E-state index is 5.60. The smallest absolute Gasteiger partial charge is 0.119 e. The zero-order chi connectivity index (χ0) is 10.9. The minimum Gasteiger partial charge on any atom is -0.494 e. The van der Waals surface area contributed by atoms with E-state index in [1.54, 1.807) is 0 Å². The van der Waals surface area contributed by atoms with Crippen LogP contribution >= 0.6 is 15.9 Å². The molecule has 0 saturated carbocycles. The predicted octanol–water partition coefficient (Wildman–Crippen LogP) is 4.27. The average molecular weight is 269 g/mol. The third kappa shape index (κ3) is 5.03. The second-order valence-corrected chi connectivity index (χ2v) is 4.16. The number of unbranched alkanes of at least 4 members (excludes halogenated alkanes) is 2. The summed E-state index contributed by atoms with van der Waals surface area (Å²) in [7, 11) is 0. The zero-order valence-corrected chi connectivity index (χ0v) is 10.5. The highest BCUT2D eigenvalue weighted by Gasteiger charge is 1.93. The van der Waals surface area contributed by atoms with E-state index in [-0.39, 0.29) is 0 Å². The van der Waals surface area contributed by atoms with E-state index in [0.29, 0.717) is 0 Å². The lowest BCUT2D eigenvalue weighted by atomic mass is 10.2. The van der Waals surface area contributed by atoms with Crippen molar-refractivity contribution in [3.63, 3.8) is 0 Å². The Bertz CT molecular complexity index is 279. The van der Waals surface area contributed by atoms with Crippen LogP contribution < -0.4 is 4.74 Å². The fourth-order valence-corrected chi connectivity index (χ4v) is 1.66. The van der Waals surface area contributed by atoms with Crippen LogP contribution in [0, 0.1) is 0 Å². The van der Waals surface area contributed by atoms with Gasteiger partial charge in [0.15, 0.2) is 0 Å². The average Bonchev–Trinajstić information content (AvgIpc) is 2.30. The number of alkyl halides is 1. The van der Waals surface area contributed by atoms with E-state index in [2.05, 4.69) is 22.5 Å². The van der Waals surface area contributed by atoms with Gasteiger partial charge in [0.1, 0.15) is 5.75 Å². The molecule has 0 fully saturated rings. The van der Waals surface area contributed by atoms with Crippen molar-refractivity contribution in [1.82, 2.24) is 0 Å². The molecule has 15 heavy (non-hydrogen) atoms. The molecular formula is C13H17BrO. The van der Waals surface area contributed by atoms with Crippen LogP contribution in [0.1, 0.15) is 24.8 Å². The van der Waals surface area contributed by atoms with Gasteiger partial charge < -0.3 is 4.74 Å². The second kappa shape index (κ2) is 7.52. The number of hydrogen-bond donors (Lipinski definition) is 0. The molecule has 0 heterocycles. The highest BCUT2D eigenvalue weighted by atomic mass is 79.9. The molecule has 1 aromatic rings. The quantitative estimate of drug-likeness (QED) is 0.530. The van der Waals surface area contributed by atoms with Crippen LogP contribution in [0.2, 0.25) is 0 Å². The van der Waals surface area contributed by atoms with E-state index in [1.165, 1.54) is 12.8 Å². The number of ether oxygens (including phenoxy) is 1. The molecule has 1 rings (SSSR count). The second-order valence-electron chi connectivity index (χ2n) is 3.37. The van der Waals surface area contributed by atoms with E-state index in [0.717, 1.165) is 29.7 Å². The molecule has 1 nitrogen and oxygen atoms in total. The number of halogens is 1. The SMILES string of the molecule is C=Cc1ccc(OCCCCCBr)cc1. The monoisotopic (exact) mass is 268 g/mol. The molecule has 0 aliphatic rings. The molecule has 0 unspecified atom stereocenters. The van der Waals surface area contributed by atoms with Gasteiger partial charge >= 0.3 is 0 Å². The van der Waals surface area contributed by atoms with Crippen molar-refractivity contribution < 1.29 is 4.74 Å². The maximum atomic E-state index is 5.60. The van der Waals surface area contributed by atoms with Gasteiger partial charge in [-0.2, -0.15) is 0 Å². The zero-order valence-electron chi connectivity index (χ0n) is 8.92. The van der Waals surface area contributed by atoms with Crippen molar-refractivity contribution in [3.05, 3.63) is 36.4 Å². The summed E-state index contributed by atoms with van der Waals surface area (Å²) in [6.45, 7) is 4.52. The van der Waals surface area contributed by atoms with Crippen molar-refractivity contribution in [3.8, 4) is 5.75 Å². The molecule has 0 bridgehead atoms. The first kappa shape index (κ1) is 12.3. The normalized spacial score (nSPS) is 9.93. The summed E-state index contributed by atoms with van der Waals surface area (Å²) in [6.07, 6.45) is 5.39. The van der Waals surface area contributed by atoms with E-state index >= 15 is 0 Å². The van der Waals surface area contributed by atoms with Gasteiger partial charge in [0.05, 0.1) is 6.61 Å². The van der Waals surface area contributed by atoms with Gasteiger partial charge in [-0.3, -0.25) is 0 Å². The van der Waals surface area contributed by atoms with Crippen LogP contribution in [0.3, 0.4) is 0 Å². The van der Waals surface area contributed by atoms with Crippen molar-refractivity contribution >= 4 is 22.0 Å². The first-order valence-electron chi connectivity index (χ1n) is 5.28. The molecule has 0 atom stereocenters. The summed E-state index contributed by atoms with van der Waals surface area (Å²) >= 11 is 3.41. The molecule has 2 heteroatoms. The summed E-state index contributed by atoms with van der Waals surface area (Å²) in [5.41, 5.74) is 1.13. The molecule has 0 N–H and O–H groups in total. The van der Waals surface area contributed by atoms with Gasteiger partial charge in [-0.15, -0.1) is 0 Å². The van der Waals surface area contributed by atoms with E-state index in [9.17, 15) is 0 Å². The Morgan fingerprint density at radius 2 is 1.87 bits per heavy atom. The lowest BCUT2D eigenvalue weighted by Gasteiger charge is -2.05. The Morgan fingerprint density at radius 1 is 1.13 bits per heavy atom. The lowest BCUT2D eigenvalue weighted by Crippen LogP contribution is -1.97. The molecule has 0 aliphatic carbocycles. The largest absolute Gasteiger partial charge is 0.494 e. The maximum Gasteiger partial charge on any atom is 0.119 e. The Labute approximate surface area is 100 Å². The predicted molar refractivity (Wildman–Crippen MR) is 69.7 cm³/mol. The molecule has 0 radical (unpaired) electrons. The third-order valence-electron chi connectivity index (χ3n) is 2.16. The number of rotatable bonds is 7. The van der Waals surface area contributed by atoms with Crippen molar-refractivity contribution in [1.29, 1.82) is 0 Å². The van der Waals surface area contributed by atoms with E-state index in [1.807, 2.05) is 30.3 Å². The molecule has 82 valence electrons. The lowest BCUT2D eigenvalue weighted by molar-refractivity contribution is 0.306. The van der Waals surface area contributed by atoms with E-state index in [4.69, 9.17) is 4.74 Å². The Balaban J connectivity index is 2.22. The first-order chi connectivity index (χ1) is 7.36. The van der Waals surface area contributed by atoms with E-state index < -0.39 is 0 Å². The van der Waals surface area contributed by atoms with Crippen LogP contribution in [0.5, 0.6) is 5.75 Å². The molecule has 0 amide bonds. The van der Waals surface area contributed by atoms with Gasteiger partial charge in [-0.1, -0.05) is 40.7 Å². The minimum absolute atomic E-state index is 0.806. The minimum atomic E-state index is 0.806. The third-order valence-corrected chi connectivity index (χ3v) is 2.72.